The number of aliphatic hydroxyl groups is 1. The van der Waals surface area contributed by atoms with Crippen molar-refractivity contribution < 1.29 is 14.3 Å². The number of amides is 1. The molecule has 0 atom stereocenters. The third-order valence-corrected chi connectivity index (χ3v) is 3.20. The van der Waals surface area contributed by atoms with Crippen LogP contribution in [0.3, 0.4) is 0 Å². The highest BCUT2D eigenvalue weighted by atomic mass is 79.9. The number of hydrogen-bond acceptors (Lipinski definition) is 2. The molecule has 1 aromatic rings. The summed E-state index contributed by atoms with van der Waals surface area (Å²) in [5.74, 6) is -0.700. The monoisotopic (exact) mass is 317 g/mol. The molecule has 0 spiro atoms. The number of hydrogen-bond donors (Lipinski definition) is 2. The molecule has 0 saturated carbocycles. The predicted molar refractivity (Wildman–Crippen MR) is 72.0 cm³/mol. The zero-order valence-electron chi connectivity index (χ0n) is 10.1. The number of carbonyl (C=O) groups excluding carboxylic acids is 1. The minimum atomic E-state index is -0.439. The second-order valence-corrected chi connectivity index (χ2v) is 4.88. The number of rotatable bonds is 7. The first-order chi connectivity index (χ1) is 8.65. The number of carbonyl (C=O) groups is 1. The summed E-state index contributed by atoms with van der Waals surface area (Å²) < 4.78 is 13.6. The maximum atomic E-state index is 13.2. The van der Waals surface area contributed by atoms with Crippen molar-refractivity contribution in [3.63, 3.8) is 0 Å². The van der Waals surface area contributed by atoms with Crippen LogP contribution in [0.4, 0.5) is 4.39 Å². The topological polar surface area (TPSA) is 49.3 Å². The molecule has 0 bridgehead atoms. The Morgan fingerprint density at radius 3 is 2.67 bits per heavy atom. The van der Waals surface area contributed by atoms with Gasteiger partial charge in [0.2, 0.25) is 0 Å². The Hall–Kier alpha value is -0.940. The van der Waals surface area contributed by atoms with E-state index >= 15 is 0 Å². The molecule has 0 aliphatic rings. The molecule has 2 N–H and O–H groups in total. The van der Waals surface area contributed by atoms with Crippen LogP contribution in [0.5, 0.6) is 0 Å². The van der Waals surface area contributed by atoms with Gasteiger partial charge in [-0.25, -0.2) is 4.39 Å². The van der Waals surface area contributed by atoms with Crippen LogP contribution in [0.2, 0.25) is 0 Å². The van der Waals surface area contributed by atoms with Gasteiger partial charge in [-0.15, -0.1) is 0 Å². The molecule has 5 heteroatoms. The number of halogens is 2. The Morgan fingerprint density at radius 2 is 2.00 bits per heavy atom. The molecular formula is C13H17BrFNO2. The largest absolute Gasteiger partial charge is 0.396 e. The van der Waals surface area contributed by atoms with E-state index in [2.05, 4.69) is 21.2 Å². The predicted octanol–water partition coefficient (Wildman–Crippen LogP) is 2.87. The van der Waals surface area contributed by atoms with Gasteiger partial charge in [0.25, 0.3) is 5.91 Å². The van der Waals surface area contributed by atoms with Gasteiger partial charge < -0.3 is 10.4 Å². The first-order valence-corrected chi connectivity index (χ1v) is 6.78. The number of unbranched alkanes of at least 4 members (excludes halogenated alkanes) is 3. The molecule has 0 saturated heterocycles. The molecule has 3 nitrogen and oxygen atoms in total. The van der Waals surface area contributed by atoms with Crippen molar-refractivity contribution in [3.8, 4) is 0 Å². The summed E-state index contributed by atoms with van der Waals surface area (Å²) >= 11 is 3.04. The van der Waals surface area contributed by atoms with Crippen molar-refractivity contribution in [2.24, 2.45) is 0 Å². The minimum absolute atomic E-state index is 0.213. The van der Waals surface area contributed by atoms with Crippen LogP contribution in [0, 0.1) is 5.82 Å². The maximum Gasteiger partial charge on any atom is 0.251 e. The van der Waals surface area contributed by atoms with E-state index in [1.807, 2.05) is 0 Å². The summed E-state index contributed by atoms with van der Waals surface area (Å²) in [4.78, 5) is 11.7. The minimum Gasteiger partial charge on any atom is -0.396 e. The second kappa shape index (κ2) is 8.21. The first kappa shape index (κ1) is 15.1. The summed E-state index contributed by atoms with van der Waals surface area (Å²) in [6, 6.07) is 4.31. The zero-order chi connectivity index (χ0) is 13.4. The van der Waals surface area contributed by atoms with E-state index in [1.54, 1.807) is 6.07 Å². The molecule has 1 aromatic carbocycles. The van der Waals surface area contributed by atoms with Gasteiger partial charge >= 0.3 is 0 Å². The van der Waals surface area contributed by atoms with E-state index in [-0.39, 0.29) is 12.5 Å². The summed E-state index contributed by atoms with van der Waals surface area (Å²) in [6.45, 7) is 0.784. The second-order valence-electron chi connectivity index (χ2n) is 4.02. The van der Waals surface area contributed by atoms with E-state index in [9.17, 15) is 9.18 Å². The Bertz CT molecular complexity index is 399. The molecular weight excluding hydrogens is 301 g/mol. The summed E-state index contributed by atoms with van der Waals surface area (Å²) in [5.41, 5.74) is 0.325. The summed E-state index contributed by atoms with van der Waals surface area (Å²) in [6.07, 6.45) is 3.59. The average molecular weight is 318 g/mol. The molecule has 1 amide bonds. The molecule has 0 heterocycles. The number of aliphatic hydroxyl groups excluding tert-OH is 1. The Balaban J connectivity index is 2.30. The van der Waals surface area contributed by atoms with Gasteiger partial charge in [0.15, 0.2) is 0 Å². The van der Waals surface area contributed by atoms with Crippen molar-refractivity contribution in [1.82, 2.24) is 5.32 Å². The summed E-state index contributed by atoms with van der Waals surface area (Å²) in [7, 11) is 0. The van der Waals surface area contributed by atoms with E-state index in [1.165, 1.54) is 12.1 Å². The smallest absolute Gasteiger partial charge is 0.251 e. The SMILES string of the molecule is O=C(NCCCCCCO)c1ccc(Br)c(F)c1. The Labute approximate surface area is 115 Å². The number of benzene rings is 1. The molecule has 100 valence electrons. The van der Waals surface area contributed by atoms with Crippen LogP contribution >= 0.6 is 15.9 Å². The van der Waals surface area contributed by atoms with Crippen LogP contribution in [0.1, 0.15) is 36.0 Å². The van der Waals surface area contributed by atoms with E-state index in [0.717, 1.165) is 25.7 Å². The van der Waals surface area contributed by atoms with Crippen molar-refractivity contribution in [2.45, 2.75) is 25.7 Å². The molecule has 0 aliphatic carbocycles. The number of nitrogens with one attached hydrogen (secondary N) is 1. The van der Waals surface area contributed by atoms with Gasteiger partial charge in [0.1, 0.15) is 5.82 Å². The lowest BCUT2D eigenvalue weighted by atomic mass is 10.2. The van der Waals surface area contributed by atoms with E-state index in [0.29, 0.717) is 16.6 Å². The van der Waals surface area contributed by atoms with Gasteiger partial charge in [0, 0.05) is 18.7 Å². The molecule has 0 fully saturated rings. The molecule has 18 heavy (non-hydrogen) atoms. The lowest BCUT2D eigenvalue weighted by molar-refractivity contribution is 0.0952. The van der Waals surface area contributed by atoms with Gasteiger partial charge in [-0.2, -0.15) is 0 Å². The summed E-state index contributed by atoms with van der Waals surface area (Å²) in [5, 5.41) is 11.3. The third kappa shape index (κ3) is 5.14. The van der Waals surface area contributed by atoms with Gasteiger partial charge in [-0.05, 0) is 47.0 Å². The van der Waals surface area contributed by atoms with Crippen molar-refractivity contribution in [3.05, 3.63) is 34.1 Å². The first-order valence-electron chi connectivity index (χ1n) is 5.99. The zero-order valence-corrected chi connectivity index (χ0v) is 11.7. The molecule has 1 rings (SSSR count). The Morgan fingerprint density at radius 1 is 1.28 bits per heavy atom. The maximum absolute atomic E-state index is 13.2. The van der Waals surface area contributed by atoms with Crippen LogP contribution in [-0.4, -0.2) is 24.2 Å². The van der Waals surface area contributed by atoms with E-state index < -0.39 is 5.82 Å². The lowest BCUT2D eigenvalue weighted by Gasteiger charge is -2.05. The van der Waals surface area contributed by atoms with Crippen LogP contribution in [0.25, 0.3) is 0 Å². The quantitative estimate of drug-likeness (QED) is 0.760. The molecule has 0 aliphatic heterocycles. The fraction of sp³-hybridized carbons (Fsp3) is 0.462. The molecule has 0 aromatic heterocycles. The van der Waals surface area contributed by atoms with E-state index in [4.69, 9.17) is 5.11 Å². The van der Waals surface area contributed by atoms with Crippen LogP contribution in [0.15, 0.2) is 22.7 Å². The van der Waals surface area contributed by atoms with Gasteiger partial charge in [-0.1, -0.05) is 12.8 Å². The molecule has 0 radical (unpaired) electrons. The van der Waals surface area contributed by atoms with Crippen molar-refractivity contribution in [2.75, 3.05) is 13.2 Å². The highest BCUT2D eigenvalue weighted by Crippen LogP contribution is 2.16. The Kier molecular flexibility index (Phi) is 6.90. The molecule has 0 unspecified atom stereocenters. The standard InChI is InChI=1S/C13H17BrFNO2/c14-11-6-5-10(9-12(11)15)13(18)16-7-3-1-2-4-8-17/h5-6,9,17H,1-4,7-8H2,(H,16,18). The highest BCUT2D eigenvalue weighted by Gasteiger charge is 2.07. The normalized spacial score (nSPS) is 10.4. The van der Waals surface area contributed by atoms with Crippen molar-refractivity contribution >= 4 is 21.8 Å². The van der Waals surface area contributed by atoms with Crippen LogP contribution in [-0.2, 0) is 0 Å². The average Bonchev–Trinajstić information content (AvgIpc) is 2.36. The van der Waals surface area contributed by atoms with Gasteiger partial charge in [0.05, 0.1) is 4.47 Å². The fourth-order valence-corrected chi connectivity index (χ4v) is 1.78. The van der Waals surface area contributed by atoms with Crippen LogP contribution < -0.4 is 5.32 Å². The third-order valence-electron chi connectivity index (χ3n) is 2.55. The van der Waals surface area contributed by atoms with Gasteiger partial charge in [-0.3, -0.25) is 4.79 Å². The highest BCUT2D eigenvalue weighted by molar-refractivity contribution is 9.10. The fourth-order valence-electron chi connectivity index (χ4n) is 1.53. The van der Waals surface area contributed by atoms with Crippen molar-refractivity contribution in [1.29, 1.82) is 0 Å². The lowest BCUT2D eigenvalue weighted by Crippen LogP contribution is -2.24.